The summed E-state index contributed by atoms with van der Waals surface area (Å²) in [6.07, 6.45) is 0.315. The van der Waals surface area contributed by atoms with Crippen LogP contribution in [-0.4, -0.2) is 52.7 Å². The van der Waals surface area contributed by atoms with E-state index in [1.807, 2.05) is 30.3 Å². The third-order valence-electron chi connectivity index (χ3n) is 3.18. The van der Waals surface area contributed by atoms with Gasteiger partial charge in [0.2, 0.25) is 11.8 Å². The molecule has 1 rings (SSSR count). The van der Waals surface area contributed by atoms with Crippen LogP contribution in [0.3, 0.4) is 0 Å². The molecule has 126 valence electrons. The van der Waals surface area contributed by atoms with Crippen molar-refractivity contribution in [3.63, 3.8) is 0 Å². The molecule has 0 fully saturated rings. The SMILES string of the molecule is C[C@H](NC(=O)[C@@H](N)Cc1ccccc1)C(=O)N[C@@H](CO)C(=O)O. The Morgan fingerprint density at radius 3 is 2.26 bits per heavy atom. The smallest absolute Gasteiger partial charge is 0.328 e. The molecule has 2 amide bonds. The van der Waals surface area contributed by atoms with E-state index >= 15 is 0 Å². The summed E-state index contributed by atoms with van der Waals surface area (Å²) >= 11 is 0. The van der Waals surface area contributed by atoms with Crippen molar-refractivity contribution in [1.82, 2.24) is 10.6 Å². The first kappa shape index (κ1) is 18.6. The number of carbonyl (C=O) groups is 3. The Hall–Kier alpha value is -2.45. The van der Waals surface area contributed by atoms with Gasteiger partial charge >= 0.3 is 5.97 Å². The summed E-state index contributed by atoms with van der Waals surface area (Å²) in [7, 11) is 0. The van der Waals surface area contributed by atoms with Crippen LogP contribution in [0.1, 0.15) is 12.5 Å². The van der Waals surface area contributed by atoms with E-state index < -0.39 is 42.5 Å². The van der Waals surface area contributed by atoms with Crippen molar-refractivity contribution >= 4 is 17.8 Å². The van der Waals surface area contributed by atoms with Crippen LogP contribution in [0.15, 0.2) is 30.3 Å². The molecule has 23 heavy (non-hydrogen) atoms. The Labute approximate surface area is 133 Å². The lowest BCUT2D eigenvalue weighted by molar-refractivity contribution is -0.143. The van der Waals surface area contributed by atoms with Crippen molar-refractivity contribution in [2.75, 3.05) is 6.61 Å². The van der Waals surface area contributed by atoms with Gasteiger partial charge in [-0.05, 0) is 18.9 Å². The van der Waals surface area contributed by atoms with E-state index in [0.717, 1.165) is 5.56 Å². The van der Waals surface area contributed by atoms with E-state index in [0.29, 0.717) is 6.42 Å². The monoisotopic (exact) mass is 323 g/mol. The number of aliphatic hydroxyl groups is 1. The minimum Gasteiger partial charge on any atom is -0.480 e. The van der Waals surface area contributed by atoms with Crippen LogP contribution in [0, 0.1) is 0 Å². The third-order valence-corrected chi connectivity index (χ3v) is 3.18. The normalized spacial score (nSPS) is 14.4. The molecule has 0 saturated heterocycles. The van der Waals surface area contributed by atoms with Crippen molar-refractivity contribution in [3.05, 3.63) is 35.9 Å². The van der Waals surface area contributed by atoms with Gasteiger partial charge in [-0.25, -0.2) is 4.79 Å². The van der Waals surface area contributed by atoms with Gasteiger partial charge in [0.25, 0.3) is 0 Å². The highest BCUT2D eigenvalue weighted by molar-refractivity contribution is 5.91. The van der Waals surface area contributed by atoms with Gasteiger partial charge < -0.3 is 26.6 Å². The Kier molecular flexibility index (Phi) is 7.17. The average Bonchev–Trinajstić information content (AvgIpc) is 2.52. The minimum absolute atomic E-state index is 0.315. The van der Waals surface area contributed by atoms with E-state index in [-0.39, 0.29) is 0 Å². The summed E-state index contributed by atoms with van der Waals surface area (Å²) in [5.74, 6) is -2.60. The molecule has 0 saturated carbocycles. The molecule has 0 heterocycles. The van der Waals surface area contributed by atoms with Gasteiger partial charge in [-0.2, -0.15) is 0 Å². The zero-order valence-corrected chi connectivity index (χ0v) is 12.7. The second kappa shape index (κ2) is 8.86. The average molecular weight is 323 g/mol. The highest BCUT2D eigenvalue weighted by Gasteiger charge is 2.24. The molecular weight excluding hydrogens is 302 g/mol. The molecule has 0 aromatic heterocycles. The van der Waals surface area contributed by atoms with E-state index in [2.05, 4.69) is 10.6 Å². The lowest BCUT2D eigenvalue weighted by Gasteiger charge is -2.19. The van der Waals surface area contributed by atoms with Crippen LogP contribution < -0.4 is 16.4 Å². The van der Waals surface area contributed by atoms with Crippen LogP contribution in [0.4, 0.5) is 0 Å². The molecule has 0 radical (unpaired) electrons. The fraction of sp³-hybridized carbons (Fsp3) is 0.400. The van der Waals surface area contributed by atoms with Crippen molar-refractivity contribution < 1.29 is 24.6 Å². The summed E-state index contributed by atoms with van der Waals surface area (Å²) in [4.78, 5) is 34.5. The lowest BCUT2D eigenvalue weighted by atomic mass is 10.1. The summed E-state index contributed by atoms with van der Waals surface area (Å²) in [6.45, 7) is 0.661. The number of carboxylic acids is 1. The molecule has 8 heteroatoms. The number of rotatable bonds is 8. The van der Waals surface area contributed by atoms with E-state index in [1.165, 1.54) is 6.92 Å². The van der Waals surface area contributed by atoms with Crippen molar-refractivity contribution in [2.45, 2.75) is 31.5 Å². The topological polar surface area (TPSA) is 142 Å². The Bertz CT molecular complexity index is 549. The van der Waals surface area contributed by atoms with Gasteiger partial charge in [0.05, 0.1) is 12.6 Å². The maximum absolute atomic E-state index is 12.0. The van der Waals surface area contributed by atoms with Gasteiger partial charge in [-0.1, -0.05) is 30.3 Å². The second-order valence-electron chi connectivity index (χ2n) is 5.11. The second-order valence-corrected chi connectivity index (χ2v) is 5.11. The first-order chi connectivity index (χ1) is 10.8. The number of nitrogens with two attached hydrogens (primary N) is 1. The number of nitrogens with one attached hydrogen (secondary N) is 2. The number of aliphatic hydroxyl groups excluding tert-OH is 1. The zero-order chi connectivity index (χ0) is 17.4. The lowest BCUT2D eigenvalue weighted by Crippen LogP contribution is -2.54. The molecule has 3 atom stereocenters. The van der Waals surface area contributed by atoms with Crippen LogP contribution in [0.25, 0.3) is 0 Å². The molecule has 0 aliphatic heterocycles. The fourth-order valence-corrected chi connectivity index (χ4v) is 1.83. The molecule has 0 aliphatic rings. The first-order valence-electron chi connectivity index (χ1n) is 7.09. The number of benzene rings is 1. The molecule has 0 bridgehead atoms. The van der Waals surface area contributed by atoms with E-state index in [9.17, 15) is 14.4 Å². The summed E-state index contributed by atoms with van der Waals surface area (Å²) in [6, 6.07) is 5.96. The van der Waals surface area contributed by atoms with Crippen LogP contribution in [0.5, 0.6) is 0 Å². The number of hydrogen-bond donors (Lipinski definition) is 5. The number of carbonyl (C=O) groups excluding carboxylic acids is 2. The van der Waals surface area contributed by atoms with Gasteiger partial charge in [-0.3, -0.25) is 9.59 Å². The predicted octanol–water partition coefficient (Wildman–Crippen LogP) is -1.38. The summed E-state index contributed by atoms with van der Waals surface area (Å²) in [5.41, 5.74) is 6.68. The first-order valence-corrected chi connectivity index (χ1v) is 7.09. The summed E-state index contributed by atoms with van der Waals surface area (Å²) < 4.78 is 0. The third kappa shape index (κ3) is 6.05. The number of hydrogen-bond acceptors (Lipinski definition) is 5. The van der Waals surface area contributed by atoms with Crippen molar-refractivity contribution in [1.29, 1.82) is 0 Å². The van der Waals surface area contributed by atoms with Gasteiger partial charge in [0, 0.05) is 0 Å². The van der Waals surface area contributed by atoms with Crippen LogP contribution >= 0.6 is 0 Å². The maximum Gasteiger partial charge on any atom is 0.328 e. The molecule has 0 spiro atoms. The fourth-order valence-electron chi connectivity index (χ4n) is 1.83. The molecule has 0 unspecified atom stereocenters. The van der Waals surface area contributed by atoms with Crippen LogP contribution in [0.2, 0.25) is 0 Å². The molecule has 0 aliphatic carbocycles. The Morgan fingerprint density at radius 1 is 1.13 bits per heavy atom. The number of carboxylic acid groups (broad SMARTS) is 1. The molecular formula is C15H21N3O5. The number of aliphatic carboxylic acids is 1. The molecule has 8 nitrogen and oxygen atoms in total. The quantitative estimate of drug-likeness (QED) is 0.399. The van der Waals surface area contributed by atoms with Gasteiger partial charge in [0.1, 0.15) is 12.1 Å². The Morgan fingerprint density at radius 2 is 1.74 bits per heavy atom. The largest absolute Gasteiger partial charge is 0.480 e. The zero-order valence-electron chi connectivity index (χ0n) is 12.7. The standard InChI is InChI=1S/C15H21N3O5/c1-9(13(20)18-12(8-19)15(22)23)17-14(21)11(16)7-10-5-3-2-4-6-10/h2-6,9,11-12,19H,7-8,16H2,1H3,(H,17,21)(H,18,20)(H,22,23)/t9-,11-,12-/m0/s1. The maximum atomic E-state index is 12.0. The Balaban J connectivity index is 2.51. The highest BCUT2D eigenvalue weighted by Crippen LogP contribution is 2.02. The van der Waals surface area contributed by atoms with E-state index in [4.69, 9.17) is 15.9 Å². The van der Waals surface area contributed by atoms with Gasteiger partial charge in [-0.15, -0.1) is 0 Å². The summed E-state index contributed by atoms with van der Waals surface area (Å²) in [5, 5.41) is 22.1. The molecule has 1 aromatic carbocycles. The molecule has 6 N–H and O–H groups in total. The van der Waals surface area contributed by atoms with Gasteiger partial charge in [0.15, 0.2) is 0 Å². The van der Waals surface area contributed by atoms with Crippen LogP contribution in [-0.2, 0) is 20.8 Å². The minimum atomic E-state index is -1.42. The van der Waals surface area contributed by atoms with E-state index in [1.54, 1.807) is 0 Å². The van der Waals surface area contributed by atoms with Crippen molar-refractivity contribution in [2.24, 2.45) is 5.73 Å². The van der Waals surface area contributed by atoms with Crippen molar-refractivity contribution in [3.8, 4) is 0 Å². The predicted molar refractivity (Wildman–Crippen MR) is 82.4 cm³/mol. The highest BCUT2D eigenvalue weighted by atomic mass is 16.4. The molecule has 1 aromatic rings. The number of amides is 2.